The van der Waals surface area contributed by atoms with Gasteiger partial charge in [-0.1, -0.05) is 6.42 Å². The van der Waals surface area contributed by atoms with Crippen molar-refractivity contribution in [2.75, 3.05) is 7.05 Å². The molecule has 4 rings (SSSR count). The second kappa shape index (κ2) is 6.10. The van der Waals surface area contributed by atoms with E-state index in [0.29, 0.717) is 6.04 Å². The van der Waals surface area contributed by atoms with Gasteiger partial charge in [0.05, 0.1) is 2.88 Å². The van der Waals surface area contributed by atoms with Crippen LogP contribution in [0.3, 0.4) is 0 Å². The van der Waals surface area contributed by atoms with Crippen LogP contribution in [0.2, 0.25) is 0 Å². The van der Waals surface area contributed by atoms with Crippen molar-refractivity contribution in [1.29, 1.82) is 0 Å². The number of hydrogen-bond donors (Lipinski definition) is 1. The molecule has 0 amide bonds. The van der Waals surface area contributed by atoms with E-state index in [-0.39, 0.29) is 0 Å². The van der Waals surface area contributed by atoms with E-state index in [2.05, 4.69) is 45.9 Å². The Balaban J connectivity index is 1.47. The highest BCUT2D eigenvalue weighted by Crippen LogP contribution is 2.38. The number of fused-ring (bicyclic) bond motifs is 3. The topological polar surface area (TPSA) is 15.3 Å². The second-order valence-corrected chi connectivity index (χ2v) is 10.1. The van der Waals surface area contributed by atoms with E-state index in [1.807, 2.05) is 11.3 Å². The van der Waals surface area contributed by atoms with Gasteiger partial charge >= 0.3 is 0 Å². The molecule has 0 saturated carbocycles. The van der Waals surface area contributed by atoms with Crippen molar-refractivity contribution in [2.24, 2.45) is 0 Å². The minimum absolute atomic E-state index is 0.627. The number of piperidine rings is 2. The van der Waals surface area contributed by atoms with Gasteiger partial charge in [-0.3, -0.25) is 0 Å². The fourth-order valence-electron chi connectivity index (χ4n) is 4.73. The summed E-state index contributed by atoms with van der Waals surface area (Å²) >= 11 is 4.50. The Hall–Kier alpha value is 0.350. The normalized spacial score (nSPS) is 36.5. The molecule has 3 unspecified atom stereocenters. The summed E-state index contributed by atoms with van der Waals surface area (Å²) in [5, 5.41) is 4.05. The summed E-state index contributed by atoms with van der Waals surface area (Å²) in [6.07, 6.45) is 11.0. The van der Waals surface area contributed by atoms with Gasteiger partial charge in [0.15, 0.2) is 0 Å². The van der Waals surface area contributed by atoms with Crippen LogP contribution in [0.15, 0.2) is 6.07 Å². The molecule has 4 heteroatoms. The van der Waals surface area contributed by atoms with Gasteiger partial charge < -0.3 is 10.2 Å². The van der Waals surface area contributed by atoms with Crippen molar-refractivity contribution in [1.82, 2.24) is 10.2 Å². The SMILES string of the molecule is CN1C2CCCC1CC(NC1CCCc3sc(I)cc31)C2. The lowest BCUT2D eigenvalue weighted by Crippen LogP contribution is -2.55. The zero-order valence-electron chi connectivity index (χ0n) is 12.8. The molecule has 21 heavy (non-hydrogen) atoms. The van der Waals surface area contributed by atoms with Gasteiger partial charge in [0.2, 0.25) is 0 Å². The Bertz CT molecular complexity index is 501. The van der Waals surface area contributed by atoms with E-state index in [0.717, 1.165) is 18.1 Å². The molecule has 0 radical (unpaired) electrons. The molecular weight excluding hydrogens is 391 g/mol. The third kappa shape index (κ3) is 2.93. The molecule has 3 aliphatic rings. The second-order valence-electron chi connectivity index (χ2n) is 7.11. The zero-order valence-corrected chi connectivity index (χ0v) is 15.8. The molecule has 1 aromatic heterocycles. The molecule has 1 N–H and O–H groups in total. The number of thiophene rings is 1. The maximum atomic E-state index is 4.05. The van der Waals surface area contributed by atoms with Crippen LogP contribution in [0.1, 0.15) is 61.4 Å². The van der Waals surface area contributed by atoms with Gasteiger partial charge in [-0.15, -0.1) is 11.3 Å². The maximum Gasteiger partial charge on any atom is 0.0659 e. The molecule has 2 nitrogen and oxygen atoms in total. The van der Waals surface area contributed by atoms with Crippen LogP contribution < -0.4 is 5.32 Å². The highest BCUT2D eigenvalue weighted by molar-refractivity contribution is 14.1. The Morgan fingerprint density at radius 3 is 2.71 bits per heavy atom. The third-order valence-corrected chi connectivity index (χ3v) is 7.83. The first-order chi connectivity index (χ1) is 10.2. The summed E-state index contributed by atoms with van der Waals surface area (Å²) in [5.74, 6) is 0. The monoisotopic (exact) mass is 416 g/mol. The maximum absolute atomic E-state index is 4.05. The van der Waals surface area contributed by atoms with Gasteiger partial charge in [0, 0.05) is 29.0 Å². The Kier molecular flexibility index (Phi) is 4.33. The standard InChI is InChI=1S/C17H25IN2S/c1-20-12-4-2-5-13(20)9-11(8-12)19-15-6-3-7-16-14(15)10-17(18)21-16/h10-13,15,19H,2-9H2,1H3. The molecular formula is C17H25IN2S. The quantitative estimate of drug-likeness (QED) is 0.722. The number of nitrogens with one attached hydrogen (secondary N) is 1. The largest absolute Gasteiger partial charge is 0.307 e. The third-order valence-electron chi connectivity index (χ3n) is 5.86. The molecule has 2 fully saturated rings. The first-order valence-electron chi connectivity index (χ1n) is 8.47. The summed E-state index contributed by atoms with van der Waals surface area (Å²) in [6, 6.07) is 5.47. The first-order valence-corrected chi connectivity index (χ1v) is 10.4. The predicted octanol–water partition coefficient (Wildman–Crippen LogP) is 4.34. The average molecular weight is 416 g/mol. The molecule has 0 spiro atoms. The highest BCUT2D eigenvalue weighted by atomic mass is 127. The summed E-state index contributed by atoms with van der Waals surface area (Å²) in [5.41, 5.74) is 1.62. The number of rotatable bonds is 2. The Morgan fingerprint density at radius 2 is 1.95 bits per heavy atom. The van der Waals surface area contributed by atoms with Crippen molar-refractivity contribution in [3.05, 3.63) is 19.4 Å². The van der Waals surface area contributed by atoms with E-state index in [1.165, 1.54) is 54.3 Å². The first kappa shape index (κ1) is 14.9. The molecule has 0 aromatic carbocycles. The van der Waals surface area contributed by atoms with Crippen molar-refractivity contribution >= 4 is 33.9 Å². The molecule has 3 heterocycles. The highest BCUT2D eigenvalue weighted by Gasteiger charge is 2.37. The molecule has 2 aliphatic heterocycles. The van der Waals surface area contributed by atoms with Crippen molar-refractivity contribution < 1.29 is 0 Å². The number of halogens is 1. The van der Waals surface area contributed by atoms with E-state index in [1.54, 1.807) is 10.4 Å². The number of aryl methyl sites for hydroxylation is 1. The van der Waals surface area contributed by atoms with Crippen LogP contribution in [0, 0.1) is 2.88 Å². The zero-order chi connectivity index (χ0) is 14.4. The van der Waals surface area contributed by atoms with Crippen LogP contribution >= 0.6 is 33.9 Å². The van der Waals surface area contributed by atoms with E-state index in [9.17, 15) is 0 Å². The molecule has 1 aromatic rings. The minimum Gasteiger partial charge on any atom is -0.307 e. The molecule has 3 atom stereocenters. The van der Waals surface area contributed by atoms with Crippen LogP contribution in [0.5, 0.6) is 0 Å². The van der Waals surface area contributed by atoms with Crippen molar-refractivity contribution in [3.8, 4) is 0 Å². The van der Waals surface area contributed by atoms with Crippen LogP contribution in [-0.4, -0.2) is 30.1 Å². The molecule has 2 saturated heterocycles. The molecule has 116 valence electrons. The minimum atomic E-state index is 0.627. The van der Waals surface area contributed by atoms with Crippen molar-refractivity contribution in [2.45, 2.75) is 75.5 Å². The van der Waals surface area contributed by atoms with Gasteiger partial charge in [0.25, 0.3) is 0 Å². The van der Waals surface area contributed by atoms with Gasteiger partial charge in [-0.05, 0) is 86.2 Å². The fraction of sp³-hybridized carbons (Fsp3) is 0.765. The fourth-order valence-corrected chi connectivity index (χ4v) is 6.85. The summed E-state index contributed by atoms with van der Waals surface area (Å²) in [4.78, 5) is 4.32. The smallest absolute Gasteiger partial charge is 0.0659 e. The number of nitrogens with zero attached hydrogens (tertiary/aromatic N) is 1. The summed E-state index contributed by atoms with van der Waals surface area (Å²) in [6.45, 7) is 0. The van der Waals surface area contributed by atoms with E-state index >= 15 is 0 Å². The lowest BCUT2D eigenvalue weighted by atomic mass is 9.81. The van der Waals surface area contributed by atoms with Gasteiger partial charge in [-0.2, -0.15) is 0 Å². The lowest BCUT2D eigenvalue weighted by Gasteiger charge is -2.48. The molecule has 1 aliphatic carbocycles. The summed E-state index contributed by atoms with van der Waals surface area (Å²) in [7, 11) is 2.35. The van der Waals surface area contributed by atoms with E-state index in [4.69, 9.17) is 0 Å². The van der Waals surface area contributed by atoms with Crippen LogP contribution in [-0.2, 0) is 6.42 Å². The van der Waals surface area contributed by atoms with Crippen LogP contribution in [0.25, 0.3) is 0 Å². The number of hydrogen-bond acceptors (Lipinski definition) is 3. The Morgan fingerprint density at radius 1 is 1.19 bits per heavy atom. The van der Waals surface area contributed by atoms with Crippen molar-refractivity contribution in [3.63, 3.8) is 0 Å². The average Bonchev–Trinajstić information content (AvgIpc) is 2.81. The van der Waals surface area contributed by atoms with Crippen LogP contribution in [0.4, 0.5) is 0 Å². The van der Waals surface area contributed by atoms with Gasteiger partial charge in [0.1, 0.15) is 0 Å². The Labute approximate surface area is 145 Å². The predicted molar refractivity (Wildman–Crippen MR) is 98.1 cm³/mol. The van der Waals surface area contributed by atoms with E-state index < -0.39 is 0 Å². The lowest BCUT2D eigenvalue weighted by molar-refractivity contribution is 0.0452. The van der Waals surface area contributed by atoms with Gasteiger partial charge in [-0.25, -0.2) is 0 Å². The molecule has 2 bridgehead atoms. The summed E-state index contributed by atoms with van der Waals surface area (Å²) < 4.78 is 1.46.